The first-order valence-corrected chi connectivity index (χ1v) is 6.43. The fourth-order valence-corrected chi connectivity index (χ4v) is 2.25. The minimum Gasteiger partial charge on any atom is -0.324 e. The smallest absolute Gasteiger partial charge is 0.241 e. The summed E-state index contributed by atoms with van der Waals surface area (Å²) in [4.78, 5) is 14.2. The fraction of sp³-hybridized carbons (Fsp3) is 0.500. The summed E-state index contributed by atoms with van der Waals surface area (Å²) in [6.07, 6.45) is 2.01. The summed E-state index contributed by atoms with van der Waals surface area (Å²) in [6.45, 7) is 1.77. The van der Waals surface area contributed by atoms with Crippen molar-refractivity contribution in [1.82, 2.24) is 10.2 Å². The molecule has 18 heavy (non-hydrogen) atoms. The predicted octanol–water partition coefficient (Wildman–Crippen LogP) is 1.44. The summed E-state index contributed by atoms with van der Waals surface area (Å²) in [5.41, 5.74) is 2.07. The van der Waals surface area contributed by atoms with Crippen LogP contribution in [0.1, 0.15) is 18.4 Å². The highest BCUT2D eigenvalue weighted by molar-refractivity contribution is 5.95. The monoisotopic (exact) mass is 247 g/mol. The molecule has 1 saturated heterocycles. The van der Waals surface area contributed by atoms with Gasteiger partial charge in [-0.25, -0.2) is 0 Å². The first-order chi connectivity index (χ1) is 8.66. The standard InChI is InChI=1S/C14H21N3O/c1-17(2)10-11-6-3-4-7-12(11)16-14(18)13-8-5-9-15-13/h3-4,6-7,13,15H,5,8-10H2,1-2H3,(H,16,18)/t13-/m1/s1. The number of anilines is 1. The van der Waals surface area contributed by atoms with Crippen molar-refractivity contribution in [2.75, 3.05) is 26.0 Å². The molecule has 1 fully saturated rings. The Morgan fingerprint density at radius 2 is 2.22 bits per heavy atom. The molecule has 1 aromatic carbocycles. The molecule has 1 atom stereocenters. The lowest BCUT2D eigenvalue weighted by atomic mass is 10.1. The summed E-state index contributed by atoms with van der Waals surface area (Å²) < 4.78 is 0. The summed E-state index contributed by atoms with van der Waals surface area (Å²) in [5.74, 6) is 0.0821. The summed E-state index contributed by atoms with van der Waals surface area (Å²) in [6, 6.07) is 7.94. The van der Waals surface area contributed by atoms with Gasteiger partial charge >= 0.3 is 0 Å². The molecule has 0 saturated carbocycles. The Morgan fingerprint density at radius 1 is 1.44 bits per heavy atom. The van der Waals surface area contributed by atoms with Gasteiger partial charge in [-0.15, -0.1) is 0 Å². The molecule has 1 heterocycles. The summed E-state index contributed by atoms with van der Waals surface area (Å²) in [7, 11) is 4.05. The molecule has 0 unspecified atom stereocenters. The molecule has 1 aliphatic heterocycles. The normalized spacial score (nSPS) is 19.2. The highest BCUT2D eigenvalue weighted by Gasteiger charge is 2.22. The van der Waals surface area contributed by atoms with Gasteiger partial charge in [0.2, 0.25) is 5.91 Å². The number of hydrogen-bond acceptors (Lipinski definition) is 3. The molecule has 1 aromatic rings. The molecular formula is C14H21N3O. The second kappa shape index (κ2) is 5.98. The van der Waals surface area contributed by atoms with Crippen molar-refractivity contribution < 1.29 is 4.79 Å². The third kappa shape index (κ3) is 3.31. The van der Waals surface area contributed by atoms with E-state index in [1.54, 1.807) is 0 Å². The third-order valence-corrected chi connectivity index (χ3v) is 3.14. The summed E-state index contributed by atoms with van der Waals surface area (Å²) in [5, 5.41) is 6.24. The largest absolute Gasteiger partial charge is 0.324 e. The zero-order valence-corrected chi connectivity index (χ0v) is 11.1. The highest BCUT2D eigenvalue weighted by atomic mass is 16.2. The average molecular weight is 247 g/mol. The van der Waals surface area contributed by atoms with Crippen molar-refractivity contribution in [3.63, 3.8) is 0 Å². The van der Waals surface area contributed by atoms with E-state index in [9.17, 15) is 4.79 Å². The first kappa shape index (κ1) is 13.1. The van der Waals surface area contributed by atoms with Gasteiger partial charge in [-0.2, -0.15) is 0 Å². The van der Waals surface area contributed by atoms with Gasteiger partial charge < -0.3 is 15.5 Å². The van der Waals surface area contributed by atoms with Gasteiger partial charge in [-0.3, -0.25) is 4.79 Å². The van der Waals surface area contributed by atoms with Gasteiger partial charge in [0.05, 0.1) is 6.04 Å². The number of nitrogens with zero attached hydrogens (tertiary/aromatic N) is 1. The summed E-state index contributed by atoms with van der Waals surface area (Å²) >= 11 is 0. The first-order valence-electron chi connectivity index (χ1n) is 6.43. The maximum absolute atomic E-state index is 12.1. The molecule has 0 bridgehead atoms. The van der Waals surface area contributed by atoms with Crippen LogP contribution in [0.3, 0.4) is 0 Å². The van der Waals surface area contributed by atoms with E-state index in [0.29, 0.717) is 0 Å². The number of carbonyl (C=O) groups excluding carboxylic acids is 1. The second-order valence-corrected chi connectivity index (χ2v) is 5.03. The molecular weight excluding hydrogens is 226 g/mol. The zero-order chi connectivity index (χ0) is 13.0. The molecule has 0 spiro atoms. The third-order valence-electron chi connectivity index (χ3n) is 3.14. The van der Waals surface area contributed by atoms with Crippen LogP contribution in [0.2, 0.25) is 0 Å². The van der Waals surface area contributed by atoms with E-state index in [1.807, 2.05) is 32.3 Å². The van der Waals surface area contributed by atoms with Crippen LogP contribution in [0.15, 0.2) is 24.3 Å². The lowest BCUT2D eigenvalue weighted by molar-refractivity contribution is -0.117. The number of carbonyl (C=O) groups is 1. The number of rotatable bonds is 4. The van der Waals surface area contributed by atoms with Crippen LogP contribution in [0.25, 0.3) is 0 Å². The Labute approximate surface area is 108 Å². The van der Waals surface area contributed by atoms with Crippen LogP contribution in [-0.2, 0) is 11.3 Å². The molecule has 2 N–H and O–H groups in total. The number of para-hydroxylation sites is 1. The maximum Gasteiger partial charge on any atom is 0.241 e. The van der Waals surface area contributed by atoms with Gasteiger partial charge in [0.25, 0.3) is 0 Å². The second-order valence-electron chi connectivity index (χ2n) is 5.03. The van der Waals surface area contributed by atoms with Crippen molar-refractivity contribution in [2.45, 2.75) is 25.4 Å². The molecule has 98 valence electrons. The van der Waals surface area contributed by atoms with E-state index in [0.717, 1.165) is 37.2 Å². The molecule has 2 rings (SSSR count). The van der Waals surface area contributed by atoms with E-state index in [2.05, 4.69) is 21.6 Å². The number of hydrogen-bond donors (Lipinski definition) is 2. The number of nitrogens with one attached hydrogen (secondary N) is 2. The maximum atomic E-state index is 12.1. The quantitative estimate of drug-likeness (QED) is 0.846. The Kier molecular flexibility index (Phi) is 4.33. The highest BCUT2D eigenvalue weighted by Crippen LogP contribution is 2.17. The Balaban J connectivity index is 2.05. The van der Waals surface area contributed by atoms with Gasteiger partial charge in [0, 0.05) is 12.2 Å². The van der Waals surface area contributed by atoms with Gasteiger partial charge in [-0.05, 0) is 45.1 Å². The van der Waals surface area contributed by atoms with E-state index in [4.69, 9.17) is 0 Å². The van der Waals surface area contributed by atoms with Crippen molar-refractivity contribution >= 4 is 11.6 Å². The Bertz CT molecular complexity index is 411. The van der Waals surface area contributed by atoms with E-state index >= 15 is 0 Å². The van der Waals surface area contributed by atoms with E-state index in [-0.39, 0.29) is 11.9 Å². The van der Waals surface area contributed by atoms with Crippen molar-refractivity contribution in [3.8, 4) is 0 Å². The molecule has 0 aromatic heterocycles. The van der Waals surface area contributed by atoms with Crippen molar-refractivity contribution in [3.05, 3.63) is 29.8 Å². The van der Waals surface area contributed by atoms with Crippen molar-refractivity contribution in [2.24, 2.45) is 0 Å². The average Bonchev–Trinajstić information content (AvgIpc) is 2.84. The molecule has 4 heteroatoms. The van der Waals surface area contributed by atoms with Gasteiger partial charge in [0.1, 0.15) is 0 Å². The molecule has 4 nitrogen and oxygen atoms in total. The zero-order valence-electron chi connectivity index (χ0n) is 11.1. The van der Waals surface area contributed by atoms with Crippen LogP contribution in [0.4, 0.5) is 5.69 Å². The Hall–Kier alpha value is -1.39. The minimum atomic E-state index is -0.0302. The van der Waals surface area contributed by atoms with Crippen LogP contribution in [-0.4, -0.2) is 37.5 Å². The van der Waals surface area contributed by atoms with Gasteiger partial charge in [-0.1, -0.05) is 18.2 Å². The molecule has 0 radical (unpaired) electrons. The molecule has 1 amide bonds. The Morgan fingerprint density at radius 3 is 2.89 bits per heavy atom. The van der Waals surface area contributed by atoms with Crippen LogP contribution < -0.4 is 10.6 Å². The van der Waals surface area contributed by atoms with Gasteiger partial charge in [0.15, 0.2) is 0 Å². The number of benzene rings is 1. The minimum absolute atomic E-state index is 0.0302. The van der Waals surface area contributed by atoms with Crippen LogP contribution in [0.5, 0.6) is 0 Å². The van der Waals surface area contributed by atoms with Crippen LogP contribution >= 0.6 is 0 Å². The van der Waals surface area contributed by atoms with Crippen LogP contribution in [0, 0.1) is 0 Å². The van der Waals surface area contributed by atoms with Crippen molar-refractivity contribution in [1.29, 1.82) is 0 Å². The lowest BCUT2D eigenvalue weighted by Gasteiger charge is -2.16. The van der Waals surface area contributed by atoms with E-state index in [1.165, 1.54) is 0 Å². The molecule has 1 aliphatic rings. The number of amides is 1. The molecule has 0 aliphatic carbocycles. The SMILES string of the molecule is CN(C)Cc1ccccc1NC(=O)[C@H]1CCCN1. The fourth-order valence-electron chi connectivity index (χ4n) is 2.25. The van der Waals surface area contributed by atoms with E-state index < -0.39 is 0 Å². The lowest BCUT2D eigenvalue weighted by Crippen LogP contribution is -2.35. The predicted molar refractivity (Wildman–Crippen MR) is 73.5 cm³/mol. The topological polar surface area (TPSA) is 44.4 Å².